The molecule has 24 heavy (non-hydrogen) atoms. The summed E-state index contributed by atoms with van der Waals surface area (Å²) in [5, 5.41) is 2.71. The minimum absolute atomic E-state index is 0. The van der Waals surface area contributed by atoms with Crippen molar-refractivity contribution in [2.45, 2.75) is 11.3 Å². The molecule has 2 aromatic rings. The zero-order valence-corrected chi connectivity index (χ0v) is 16.9. The normalized spacial score (nSPS) is 12.1. The molecule has 2 rings (SSSR count). The Bertz CT molecular complexity index is 764. The SMILES string of the molecule is O=C(Nc1ccc(S(=O)(=O)[O-])cc1)C(CS)Cc1ccccc1.[Na+]. The molecule has 5 nitrogen and oxygen atoms in total. The number of amides is 1. The first kappa shape index (κ1) is 21.2. The van der Waals surface area contributed by atoms with E-state index in [1.807, 2.05) is 30.3 Å². The van der Waals surface area contributed by atoms with Gasteiger partial charge >= 0.3 is 29.6 Å². The summed E-state index contributed by atoms with van der Waals surface area (Å²) in [6.45, 7) is 0. The van der Waals surface area contributed by atoms with E-state index in [1.54, 1.807) is 0 Å². The molecule has 1 atom stereocenters. The van der Waals surface area contributed by atoms with Gasteiger partial charge in [0.15, 0.2) is 0 Å². The van der Waals surface area contributed by atoms with E-state index in [4.69, 9.17) is 0 Å². The fourth-order valence-electron chi connectivity index (χ4n) is 2.09. The van der Waals surface area contributed by atoms with E-state index in [-0.39, 0.29) is 46.3 Å². The van der Waals surface area contributed by atoms with Gasteiger partial charge in [0.1, 0.15) is 10.1 Å². The molecule has 0 aliphatic heterocycles. The number of hydrogen-bond donors (Lipinski definition) is 2. The van der Waals surface area contributed by atoms with Crippen LogP contribution in [0, 0.1) is 5.92 Å². The maximum Gasteiger partial charge on any atom is 1.00 e. The molecule has 0 spiro atoms. The number of anilines is 1. The third-order valence-electron chi connectivity index (χ3n) is 3.33. The molecule has 2 aromatic carbocycles. The van der Waals surface area contributed by atoms with Crippen LogP contribution in [-0.2, 0) is 21.3 Å². The van der Waals surface area contributed by atoms with Crippen molar-refractivity contribution in [1.29, 1.82) is 0 Å². The van der Waals surface area contributed by atoms with Gasteiger partial charge in [-0.2, -0.15) is 12.6 Å². The second kappa shape index (κ2) is 9.60. The Balaban J connectivity index is 0.00000288. The number of rotatable bonds is 6. The number of nitrogens with one attached hydrogen (secondary N) is 1. The molecule has 1 unspecified atom stereocenters. The third kappa shape index (κ3) is 6.23. The molecule has 0 aliphatic carbocycles. The predicted octanol–water partition coefficient (Wildman–Crippen LogP) is -0.678. The summed E-state index contributed by atoms with van der Waals surface area (Å²) in [7, 11) is -4.48. The van der Waals surface area contributed by atoms with Gasteiger partial charge in [-0.05, 0) is 36.2 Å². The molecular weight excluding hydrogens is 357 g/mol. The Morgan fingerprint density at radius 3 is 2.17 bits per heavy atom. The van der Waals surface area contributed by atoms with Crippen molar-refractivity contribution in [2.24, 2.45) is 5.92 Å². The smallest absolute Gasteiger partial charge is 0.744 e. The van der Waals surface area contributed by atoms with E-state index in [2.05, 4.69) is 17.9 Å². The van der Waals surface area contributed by atoms with Gasteiger partial charge in [0.05, 0.1) is 10.8 Å². The standard InChI is InChI=1S/C16H17NO4S2.Na/c18-16(13(11-22)10-12-4-2-1-3-5-12)17-14-6-8-15(9-7-14)23(19,20)21;/h1-9,13,22H,10-11H2,(H,17,18)(H,19,20,21);/q;+1/p-1. The molecule has 0 radical (unpaired) electrons. The van der Waals surface area contributed by atoms with Crippen LogP contribution in [0.1, 0.15) is 5.56 Å². The molecular formula is C16H16NNaO4S2. The number of thiol groups is 1. The van der Waals surface area contributed by atoms with Gasteiger partial charge in [0.2, 0.25) is 5.91 Å². The molecule has 8 heteroatoms. The summed E-state index contributed by atoms with van der Waals surface area (Å²) in [6.07, 6.45) is 0.559. The van der Waals surface area contributed by atoms with Gasteiger partial charge in [-0.1, -0.05) is 30.3 Å². The van der Waals surface area contributed by atoms with Crippen molar-refractivity contribution in [1.82, 2.24) is 0 Å². The van der Waals surface area contributed by atoms with E-state index in [1.165, 1.54) is 24.3 Å². The molecule has 122 valence electrons. The largest absolute Gasteiger partial charge is 1.00 e. The topological polar surface area (TPSA) is 86.3 Å². The molecule has 0 saturated heterocycles. The van der Waals surface area contributed by atoms with Crippen LogP contribution in [0.2, 0.25) is 0 Å². The molecule has 0 aromatic heterocycles. The summed E-state index contributed by atoms with van der Waals surface area (Å²) >= 11 is 4.22. The van der Waals surface area contributed by atoms with Crippen LogP contribution in [0.5, 0.6) is 0 Å². The van der Waals surface area contributed by atoms with E-state index >= 15 is 0 Å². The maximum absolute atomic E-state index is 12.3. The van der Waals surface area contributed by atoms with Crippen molar-refractivity contribution in [3.63, 3.8) is 0 Å². The van der Waals surface area contributed by atoms with Gasteiger partial charge in [0, 0.05) is 11.4 Å². The Labute approximate surface area is 169 Å². The molecule has 0 bridgehead atoms. The van der Waals surface area contributed by atoms with Crippen LogP contribution in [-0.4, -0.2) is 24.6 Å². The zero-order chi connectivity index (χ0) is 16.9. The fraction of sp³-hybridized carbons (Fsp3) is 0.188. The number of carbonyl (C=O) groups is 1. The Kier molecular flexibility index (Phi) is 8.49. The van der Waals surface area contributed by atoms with Gasteiger partial charge in [-0.3, -0.25) is 4.79 Å². The number of benzene rings is 2. The summed E-state index contributed by atoms with van der Waals surface area (Å²) in [5.74, 6) is -0.140. The second-order valence-corrected chi connectivity index (χ2v) is 6.78. The summed E-state index contributed by atoms with van der Waals surface area (Å²) in [4.78, 5) is 12.0. The quantitative estimate of drug-likeness (QED) is 0.399. The third-order valence-corrected chi connectivity index (χ3v) is 4.62. The minimum Gasteiger partial charge on any atom is -0.744 e. The van der Waals surface area contributed by atoms with Crippen molar-refractivity contribution in [3.8, 4) is 0 Å². The van der Waals surface area contributed by atoms with Crippen molar-refractivity contribution >= 4 is 34.3 Å². The van der Waals surface area contributed by atoms with Crippen LogP contribution in [0.4, 0.5) is 5.69 Å². The number of hydrogen-bond acceptors (Lipinski definition) is 5. The monoisotopic (exact) mass is 373 g/mol. The van der Waals surface area contributed by atoms with E-state index in [9.17, 15) is 17.8 Å². The summed E-state index contributed by atoms with van der Waals surface area (Å²) in [6, 6.07) is 14.7. The first-order valence-electron chi connectivity index (χ1n) is 6.92. The average Bonchev–Trinajstić information content (AvgIpc) is 2.53. The molecule has 0 saturated carbocycles. The Hall–Kier alpha value is -0.830. The van der Waals surface area contributed by atoms with Gasteiger partial charge in [-0.25, -0.2) is 8.42 Å². The molecule has 1 N–H and O–H groups in total. The first-order valence-corrected chi connectivity index (χ1v) is 8.96. The van der Waals surface area contributed by atoms with E-state index < -0.39 is 10.1 Å². The average molecular weight is 373 g/mol. The summed E-state index contributed by atoms with van der Waals surface area (Å²) in [5.41, 5.74) is 1.47. The second-order valence-electron chi connectivity index (χ2n) is 5.04. The molecule has 0 aliphatic rings. The van der Waals surface area contributed by atoms with Crippen LogP contribution in [0.15, 0.2) is 59.5 Å². The van der Waals surface area contributed by atoms with Crippen LogP contribution in [0.25, 0.3) is 0 Å². The van der Waals surface area contributed by atoms with Crippen LogP contribution >= 0.6 is 12.6 Å². The molecule has 1 amide bonds. The van der Waals surface area contributed by atoms with Gasteiger partial charge in [-0.15, -0.1) is 0 Å². The van der Waals surface area contributed by atoms with E-state index in [0.29, 0.717) is 17.9 Å². The molecule has 0 heterocycles. The van der Waals surface area contributed by atoms with Crippen LogP contribution < -0.4 is 34.9 Å². The minimum atomic E-state index is -4.48. The predicted molar refractivity (Wildman–Crippen MR) is 90.5 cm³/mol. The fourth-order valence-corrected chi connectivity index (χ4v) is 2.85. The van der Waals surface area contributed by atoms with E-state index in [0.717, 1.165) is 5.56 Å². The van der Waals surface area contributed by atoms with Crippen molar-refractivity contribution < 1.29 is 47.3 Å². The number of carbonyl (C=O) groups excluding carboxylic acids is 1. The van der Waals surface area contributed by atoms with Crippen molar-refractivity contribution in [2.75, 3.05) is 11.1 Å². The Morgan fingerprint density at radius 1 is 1.08 bits per heavy atom. The van der Waals surface area contributed by atoms with Crippen LogP contribution in [0.3, 0.4) is 0 Å². The van der Waals surface area contributed by atoms with Crippen molar-refractivity contribution in [3.05, 3.63) is 60.2 Å². The van der Waals surface area contributed by atoms with Gasteiger partial charge in [0.25, 0.3) is 0 Å². The van der Waals surface area contributed by atoms with Gasteiger partial charge < -0.3 is 9.87 Å². The summed E-state index contributed by atoms with van der Waals surface area (Å²) < 4.78 is 32.6. The Morgan fingerprint density at radius 2 is 1.67 bits per heavy atom. The zero-order valence-electron chi connectivity index (χ0n) is 13.2. The molecule has 0 fully saturated rings. The maximum atomic E-state index is 12.3. The first-order chi connectivity index (χ1) is 10.9.